The van der Waals surface area contributed by atoms with Crippen molar-refractivity contribution >= 4 is 56.4 Å². The number of benzene rings is 2. The Morgan fingerprint density at radius 3 is 2.68 bits per heavy atom. The molecule has 4 nitrogen and oxygen atoms in total. The molecule has 0 aliphatic heterocycles. The van der Waals surface area contributed by atoms with Gasteiger partial charge < -0.3 is 5.32 Å². The van der Waals surface area contributed by atoms with Crippen LogP contribution in [0.3, 0.4) is 0 Å². The number of hydrogen-bond donors (Lipinski definition) is 1. The summed E-state index contributed by atoms with van der Waals surface area (Å²) in [6.07, 6.45) is 0.165. The fraction of sp³-hybridized carbons (Fsp3) is 0.150. The van der Waals surface area contributed by atoms with Gasteiger partial charge in [0.05, 0.1) is 17.9 Å². The summed E-state index contributed by atoms with van der Waals surface area (Å²) in [5.41, 5.74) is 2.90. The van der Waals surface area contributed by atoms with Gasteiger partial charge in [-0.1, -0.05) is 27.7 Å². The minimum absolute atomic E-state index is 0.0925. The molecule has 0 radical (unpaired) electrons. The Hall–Kier alpha value is -2.03. The zero-order chi connectivity index (χ0) is 20.1. The number of carbonyl (C=O) groups excluding carboxylic acids is 2. The van der Waals surface area contributed by atoms with Gasteiger partial charge >= 0.3 is 0 Å². The molecule has 144 valence electrons. The van der Waals surface area contributed by atoms with Gasteiger partial charge in [0.25, 0.3) is 0 Å². The maximum Gasteiger partial charge on any atom is 0.230 e. The number of aryl methyl sites for hydroxylation is 1. The average Bonchev–Trinajstić information content (AvgIpc) is 3.10. The van der Waals surface area contributed by atoms with Crippen molar-refractivity contribution in [1.82, 2.24) is 4.98 Å². The van der Waals surface area contributed by atoms with E-state index in [0.29, 0.717) is 11.3 Å². The van der Waals surface area contributed by atoms with Crippen LogP contribution in [0, 0.1) is 12.7 Å². The summed E-state index contributed by atoms with van der Waals surface area (Å²) in [4.78, 5) is 28.8. The first-order valence-electron chi connectivity index (χ1n) is 8.32. The molecule has 1 aromatic heterocycles. The smallest absolute Gasteiger partial charge is 0.230 e. The number of thioether (sulfide) groups is 1. The molecule has 0 saturated heterocycles. The number of nitrogens with zero attached hydrogens (tertiary/aromatic N) is 1. The predicted octanol–water partition coefficient (Wildman–Crippen LogP) is 5.51. The van der Waals surface area contributed by atoms with Crippen LogP contribution >= 0.6 is 39.0 Å². The van der Waals surface area contributed by atoms with Crippen LogP contribution in [0.4, 0.5) is 10.1 Å². The Morgan fingerprint density at radius 1 is 1.21 bits per heavy atom. The van der Waals surface area contributed by atoms with Gasteiger partial charge in [-0.15, -0.1) is 11.3 Å². The molecule has 0 unspecified atom stereocenters. The lowest BCUT2D eigenvalue weighted by atomic mass is 10.1. The number of rotatable bonds is 7. The molecule has 0 atom stereocenters. The van der Waals surface area contributed by atoms with E-state index in [1.807, 2.05) is 30.5 Å². The van der Waals surface area contributed by atoms with Crippen molar-refractivity contribution in [2.45, 2.75) is 17.7 Å². The fourth-order valence-corrected chi connectivity index (χ4v) is 4.36. The van der Waals surface area contributed by atoms with Gasteiger partial charge in [0.15, 0.2) is 10.1 Å². The van der Waals surface area contributed by atoms with Crippen molar-refractivity contribution in [1.29, 1.82) is 0 Å². The summed E-state index contributed by atoms with van der Waals surface area (Å²) in [6.45, 7) is 1.96. The highest BCUT2D eigenvalue weighted by Crippen LogP contribution is 2.24. The van der Waals surface area contributed by atoms with Gasteiger partial charge in [-0.25, -0.2) is 9.37 Å². The second kappa shape index (κ2) is 9.45. The number of thiazole rings is 1. The van der Waals surface area contributed by atoms with E-state index in [1.165, 1.54) is 47.4 Å². The van der Waals surface area contributed by atoms with E-state index in [1.54, 1.807) is 0 Å². The van der Waals surface area contributed by atoms with Crippen LogP contribution in [0.1, 0.15) is 21.6 Å². The number of Topliss-reactive ketones (excluding diaryl/α,β-unsaturated/α-hetero) is 1. The maximum absolute atomic E-state index is 12.9. The first-order chi connectivity index (χ1) is 13.4. The third-order valence-electron chi connectivity index (χ3n) is 3.81. The molecule has 1 heterocycles. The molecule has 0 saturated carbocycles. The number of aromatic nitrogens is 1. The van der Waals surface area contributed by atoms with Gasteiger partial charge in [0.2, 0.25) is 5.91 Å². The van der Waals surface area contributed by atoms with Crippen LogP contribution < -0.4 is 5.32 Å². The Morgan fingerprint density at radius 2 is 1.96 bits per heavy atom. The van der Waals surface area contributed by atoms with Gasteiger partial charge in [-0.2, -0.15) is 0 Å². The first-order valence-corrected chi connectivity index (χ1v) is 11.0. The summed E-state index contributed by atoms with van der Waals surface area (Å²) in [5.74, 6) is -0.399. The van der Waals surface area contributed by atoms with E-state index in [2.05, 4.69) is 26.2 Å². The van der Waals surface area contributed by atoms with Gasteiger partial charge in [0, 0.05) is 21.1 Å². The van der Waals surface area contributed by atoms with Crippen molar-refractivity contribution in [2.75, 3.05) is 11.1 Å². The zero-order valence-corrected chi connectivity index (χ0v) is 18.1. The number of nitrogens with one attached hydrogen (secondary N) is 1. The molecule has 0 aliphatic carbocycles. The molecule has 0 fully saturated rings. The largest absolute Gasteiger partial charge is 0.326 e. The number of amides is 1. The number of halogens is 2. The maximum atomic E-state index is 12.9. The van der Waals surface area contributed by atoms with Crippen LogP contribution in [-0.4, -0.2) is 22.4 Å². The monoisotopic (exact) mass is 478 g/mol. The Balaban J connectivity index is 1.52. The van der Waals surface area contributed by atoms with Gasteiger partial charge in [-0.3, -0.25) is 9.59 Å². The normalized spacial score (nSPS) is 10.7. The fourth-order valence-electron chi connectivity index (χ4n) is 2.37. The predicted molar refractivity (Wildman–Crippen MR) is 115 cm³/mol. The highest BCUT2D eigenvalue weighted by atomic mass is 79.9. The summed E-state index contributed by atoms with van der Waals surface area (Å²) in [6, 6.07) is 11.1. The van der Waals surface area contributed by atoms with Gasteiger partial charge in [-0.05, 0) is 55.0 Å². The first kappa shape index (κ1) is 20.7. The standard InChI is InChI=1S/C20H16BrFN2O2S2/c1-12-8-15(6-7-17(12)21)23-19(26)9-16-10-27-20(24-16)28-11-18(25)13-2-4-14(22)5-3-13/h2-8,10H,9,11H2,1H3,(H,23,26). The molecule has 2 aromatic carbocycles. The zero-order valence-electron chi connectivity index (χ0n) is 14.9. The van der Waals surface area contributed by atoms with Crippen molar-refractivity contribution in [3.63, 3.8) is 0 Å². The second-order valence-electron chi connectivity index (χ2n) is 6.01. The number of carbonyl (C=O) groups is 2. The highest BCUT2D eigenvalue weighted by molar-refractivity contribution is 9.10. The lowest BCUT2D eigenvalue weighted by Crippen LogP contribution is -2.14. The summed E-state index contributed by atoms with van der Waals surface area (Å²) in [7, 11) is 0. The van der Waals surface area contributed by atoms with E-state index in [9.17, 15) is 14.0 Å². The summed E-state index contributed by atoms with van der Waals surface area (Å²) in [5, 5.41) is 4.67. The summed E-state index contributed by atoms with van der Waals surface area (Å²) >= 11 is 6.14. The Bertz CT molecular complexity index is 1010. The molecule has 0 bridgehead atoms. The van der Waals surface area contributed by atoms with Crippen LogP contribution in [0.5, 0.6) is 0 Å². The number of ketones is 1. The molecule has 3 rings (SSSR count). The highest BCUT2D eigenvalue weighted by Gasteiger charge is 2.12. The molecule has 0 aliphatic rings. The van der Waals surface area contributed by atoms with Crippen LogP contribution in [-0.2, 0) is 11.2 Å². The van der Waals surface area contributed by atoms with Crippen LogP contribution in [0.15, 0.2) is 56.7 Å². The van der Waals surface area contributed by atoms with Crippen molar-refractivity contribution in [2.24, 2.45) is 0 Å². The van der Waals surface area contributed by atoms with Crippen molar-refractivity contribution < 1.29 is 14.0 Å². The topological polar surface area (TPSA) is 59.1 Å². The van der Waals surface area contributed by atoms with Crippen LogP contribution in [0.25, 0.3) is 0 Å². The molecule has 8 heteroatoms. The van der Waals surface area contributed by atoms with Crippen LogP contribution in [0.2, 0.25) is 0 Å². The molecular weight excluding hydrogens is 463 g/mol. The second-order valence-corrected chi connectivity index (χ2v) is 8.95. The SMILES string of the molecule is Cc1cc(NC(=O)Cc2csc(SCC(=O)c3ccc(F)cc3)n2)ccc1Br. The number of hydrogen-bond acceptors (Lipinski definition) is 5. The third-order valence-corrected chi connectivity index (χ3v) is 6.77. The van der Waals surface area contributed by atoms with E-state index in [-0.39, 0.29) is 29.7 Å². The molecular formula is C20H16BrFN2O2S2. The van der Waals surface area contributed by atoms with Gasteiger partial charge in [0.1, 0.15) is 5.82 Å². The van der Waals surface area contributed by atoms with Crippen molar-refractivity contribution in [3.8, 4) is 0 Å². The van der Waals surface area contributed by atoms with E-state index >= 15 is 0 Å². The molecule has 1 amide bonds. The Kier molecular flexibility index (Phi) is 6.98. The van der Waals surface area contributed by atoms with E-state index in [0.717, 1.165) is 20.1 Å². The summed E-state index contributed by atoms with van der Waals surface area (Å²) < 4.78 is 14.6. The average molecular weight is 479 g/mol. The van der Waals surface area contributed by atoms with E-state index < -0.39 is 0 Å². The third kappa shape index (κ3) is 5.73. The minimum atomic E-state index is -0.370. The lowest BCUT2D eigenvalue weighted by Gasteiger charge is -2.06. The molecule has 1 N–H and O–H groups in total. The molecule has 28 heavy (non-hydrogen) atoms. The van der Waals surface area contributed by atoms with E-state index in [4.69, 9.17) is 0 Å². The lowest BCUT2D eigenvalue weighted by molar-refractivity contribution is -0.115. The molecule has 0 spiro atoms. The number of anilines is 1. The minimum Gasteiger partial charge on any atom is -0.326 e. The Labute approximate surface area is 178 Å². The van der Waals surface area contributed by atoms with Crippen molar-refractivity contribution in [3.05, 3.63) is 75.0 Å². The quantitative estimate of drug-likeness (QED) is 0.359. The molecule has 3 aromatic rings.